The average Bonchev–Trinajstić information content (AvgIpc) is 3.16. The van der Waals surface area contributed by atoms with Crippen LogP contribution in [0.2, 0.25) is 5.02 Å². The molecule has 0 heterocycles. The summed E-state index contributed by atoms with van der Waals surface area (Å²) in [4.78, 5) is 27.1. The Morgan fingerprint density at radius 3 is 2.50 bits per heavy atom. The lowest BCUT2D eigenvalue weighted by Gasteiger charge is -2.31. The maximum absolute atomic E-state index is 14.1. The van der Waals surface area contributed by atoms with Crippen LogP contribution in [-0.2, 0) is 13.0 Å². The summed E-state index contributed by atoms with van der Waals surface area (Å²) in [6, 6.07) is 18.2. The van der Waals surface area contributed by atoms with Crippen molar-refractivity contribution in [3.05, 3.63) is 105 Å². The number of nitrogens with two attached hydrogens (primary N) is 1. The summed E-state index contributed by atoms with van der Waals surface area (Å²) in [5.41, 5.74) is 8.63. The third-order valence-corrected chi connectivity index (χ3v) is 5.84. The molecule has 0 fully saturated rings. The molecule has 6 heteroatoms. The number of hydrogen-bond donors (Lipinski definition) is 1. The Kier molecular flexibility index (Phi) is 5.55. The van der Waals surface area contributed by atoms with Gasteiger partial charge in [-0.05, 0) is 59.9 Å². The Balaban J connectivity index is 1.79. The Morgan fingerprint density at radius 2 is 1.77 bits per heavy atom. The summed E-state index contributed by atoms with van der Waals surface area (Å²) in [5.74, 6) is -1.19. The molecule has 0 saturated carbocycles. The van der Waals surface area contributed by atoms with E-state index < -0.39 is 11.7 Å². The van der Waals surface area contributed by atoms with E-state index in [0.717, 1.165) is 5.56 Å². The van der Waals surface area contributed by atoms with Crippen molar-refractivity contribution in [3.63, 3.8) is 0 Å². The topological polar surface area (TPSA) is 63.4 Å². The van der Waals surface area contributed by atoms with E-state index in [2.05, 4.69) is 0 Å². The summed E-state index contributed by atoms with van der Waals surface area (Å²) < 4.78 is 14.1. The zero-order valence-electron chi connectivity index (χ0n) is 16.1. The van der Waals surface area contributed by atoms with E-state index in [-0.39, 0.29) is 18.5 Å². The normalized spacial score (nSPS) is 14.9. The number of carbonyl (C=O) groups excluding carboxylic acids is 2. The van der Waals surface area contributed by atoms with Crippen molar-refractivity contribution in [3.8, 4) is 0 Å². The van der Waals surface area contributed by atoms with Crippen LogP contribution >= 0.6 is 11.6 Å². The molecule has 0 spiro atoms. The molecular weight excluding hydrogens is 403 g/mol. The van der Waals surface area contributed by atoms with Crippen LogP contribution in [-0.4, -0.2) is 16.7 Å². The van der Waals surface area contributed by atoms with Gasteiger partial charge in [-0.3, -0.25) is 9.59 Å². The first-order chi connectivity index (χ1) is 14.5. The molecule has 3 aromatic carbocycles. The number of primary amides is 1. The van der Waals surface area contributed by atoms with Gasteiger partial charge in [0.2, 0.25) is 5.91 Å². The van der Waals surface area contributed by atoms with Crippen molar-refractivity contribution in [1.29, 1.82) is 0 Å². The number of fused-ring (bicyclic) bond motifs is 1. The molecule has 0 aliphatic heterocycles. The van der Waals surface area contributed by atoms with E-state index in [1.165, 1.54) is 12.1 Å². The predicted octanol–water partition coefficient (Wildman–Crippen LogP) is 4.91. The minimum atomic E-state index is -0.557. The van der Waals surface area contributed by atoms with Crippen LogP contribution in [0.15, 0.2) is 66.7 Å². The zero-order chi connectivity index (χ0) is 21.3. The molecule has 30 heavy (non-hydrogen) atoms. The van der Waals surface area contributed by atoms with Gasteiger partial charge in [-0.2, -0.15) is 0 Å². The molecule has 0 aromatic heterocycles. The van der Waals surface area contributed by atoms with Gasteiger partial charge >= 0.3 is 0 Å². The second kappa shape index (κ2) is 8.28. The molecule has 0 bridgehead atoms. The van der Waals surface area contributed by atoms with Crippen LogP contribution in [0.25, 0.3) is 0 Å². The second-order valence-corrected chi connectivity index (χ2v) is 7.74. The number of benzene rings is 3. The van der Waals surface area contributed by atoms with Gasteiger partial charge in [0, 0.05) is 22.7 Å². The van der Waals surface area contributed by atoms with Gasteiger partial charge < -0.3 is 10.6 Å². The highest BCUT2D eigenvalue weighted by Gasteiger charge is 2.33. The van der Waals surface area contributed by atoms with E-state index >= 15 is 0 Å². The van der Waals surface area contributed by atoms with Crippen molar-refractivity contribution in [2.75, 3.05) is 0 Å². The summed E-state index contributed by atoms with van der Waals surface area (Å²) in [6.45, 7) is 0.172. The number of nitrogens with zero attached hydrogens (tertiary/aromatic N) is 1. The molecule has 1 aliphatic rings. The first-order valence-electron chi connectivity index (χ1n) is 9.67. The van der Waals surface area contributed by atoms with Crippen LogP contribution in [0.1, 0.15) is 49.9 Å². The highest BCUT2D eigenvalue weighted by molar-refractivity contribution is 6.31. The van der Waals surface area contributed by atoms with E-state index in [9.17, 15) is 14.0 Å². The molecule has 3 aromatic rings. The summed E-state index contributed by atoms with van der Waals surface area (Å²) >= 11 is 6.26. The summed E-state index contributed by atoms with van der Waals surface area (Å²) in [7, 11) is 0. The van der Waals surface area contributed by atoms with Crippen molar-refractivity contribution >= 4 is 23.4 Å². The highest BCUT2D eigenvalue weighted by Crippen LogP contribution is 2.41. The predicted molar refractivity (Wildman–Crippen MR) is 114 cm³/mol. The fourth-order valence-electron chi connectivity index (χ4n) is 4.10. The first-order valence-corrected chi connectivity index (χ1v) is 10.0. The fraction of sp³-hybridized carbons (Fsp3) is 0.167. The zero-order valence-corrected chi connectivity index (χ0v) is 16.9. The Morgan fingerprint density at radius 1 is 1.07 bits per heavy atom. The van der Waals surface area contributed by atoms with Crippen LogP contribution in [0.4, 0.5) is 4.39 Å². The van der Waals surface area contributed by atoms with Crippen LogP contribution in [0.3, 0.4) is 0 Å². The number of hydrogen-bond acceptors (Lipinski definition) is 2. The van der Waals surface area contributed by atoms with E-state index in [0.29, 0.717) is 40.1 Å². The molecule has 4 nitrogen and oxygen atoms in total. The minimum Gasteiger partial charge on any atom is -0.366 e. The number of halogens is 2. The van der Waals surface area contributed by atoms with Gasteiger partial charge in [0.1, 0.15) is 5.82 Å². The lowest BCUT2D eigenvalue weighted by molar-refractivity contribution is 0.0656. The smallest absolute Gasteiger partial charge is 0.254 e. The number of rotatable bonds is 5. The van der Waals surface area contributed by atoms with E-state index in [1.54, 1.807) is 53.4 Å². The average molecular weight is 423 g/mol. The van der Waals surface area contributed by atoms with Gasteiger partial charge in [0.25, 0.3) is 5.91 Å². The van der Waals surface area contributed by atoms with E-state index in [4.69, 9.17) is 17.3 Å². The monoisotopic (exact) mass is 422 g/mol. The minimum absolute atomic E-state index is 0.172. The molecule has 1 aliphatic carbocycles. The van der Waals surface area contributed by atoms with Crippen molar-refractivity contribution in [2.45, 2.75) is 25.4 Å². The van der Waals surface area contributed by atoms with Crippen LogP contribution in [0, 0.1) is 5.82 Å². The summed E-state index contributed by atoms with van der Waals surface area (Å²) in [6.07, 6.45) is 1.27. The highest BCUT2D eigenvalue weighted by atomic mass is 35.5. The largest absolute Gasteiger partial charge is 0.366 e. The molecule has 0 radical (unpaired) electrons. The standard InChI is InChI=1S/C24H20ClFN2O2/c25-21-13-17(26)12-20-19(21)10-11-22(20)28(24(30)15-6-2-1-3-7-15)14-16-8-4-5-9-18(16)23(27)29/h1-9,12-13,22H,10-11,14H2,(H2,27,29)/t22-/m1/s1. The molecule has 2 amide bonds. The van der Waals surface area contributed by atoms with Crippen LogP contribution in [0.5, 0.6) is 0 Å². The molecule has 0 unspecified atom stereocenters. The van der Waals surface area contributed by atoms with Gasteiger partial charge in [-0.15, -0.1) is 0 Å². The molecule has 152 valence electrons. The maximum atomic E-state index is 14.1. The quantitative estimate of drug-likeness (QED) is 0.635. The number of amides is 2. The SMILES string of the molecule is NC(=O)c1ccccc1CN(C(=O)c1ccccc1)[C@@H]1CCc2c(Cl)cc(F)cc21. The van der Waals surface area contributed by atoms with Crippen molar-refractivity contribution < 1.29 is 14.0 Å². The molecule has 4 rings (SSSR count). The fourth-order valence-corrected chi connectivity index (χ4v) is 4.40. The van der Waals surface area contributed by atoms with Gasteiger partial charge in [-0.1, -0.05) is 48.0 Å². The molecule has 2 N–H and O–H groups in total. The maximum Gasteiger partial charge on any atom is 0.254 e. The van der Waals surface area contributed by atoms with Crippen molar-refractivity contribution in [1.82, 2.24) is 4.90 Å². The van der Waals surface area contributed by atoms with Crippen molar-refractivity contribution in [2.24, 2.45) is 5.73 Å². The second-order valence-electron chi connectivity index (χ2n) is 7.33. The third-order valence-electron chi connectivity index (χ3n) is 5.50. The summed E-state index contributed by atoms with van der Waals surface area (Å²) in [5, 5.41) is 0.372. The molecule has 1 atom stereocenters. The van der Waals surface area contributed by atoms with Gasteiger partial charge in [0.15, 0.2) is 0 Å². The van der Waals surface area contributed by atoms with Crippen LogP contribution < -0.4 is 5.73 Å². The third kappa shape index (κ3) is 3.81. The lowest BCUT2D eigenvalue weighted by Crippen LogP contribution is -2.34. The first kappa shape index (κ1) is 20.1. The Hall–Kier alpha value is -3.18. The molecular formula is C24H20ClFN2O2. The van der Waals surface area contributed by atoms with E-state index in [1.807, 2.05) is 6.07 Å². The Labute approximate surface area is 179 Å². The number of carbonyl (C=O) groups is 2. The van der Waals surface area contributed by atoms with Gasteiger partial charge in [0.05, 0.1) is 6.04 Å². The van der Waals surface area contributed by atoms with Gasteiger partial charge in [-0.25, -0.2) is 4.39 Å². The molecule has 0 saturated heterocycles. The Bertz CT molecular complexity index is 1120. The lowest BCUT2D eigenvalue weighted by atomic mass is 10.0.